The zero-order chi connectivity index (χ0) is 13.1. The van der Waals surface area contributed by atoms with Crippen LogP contribution < -0.4 is 10.2 Å². The maximum Gasteiger partial charge on any atom is 0.0451 e. The van der Waals surface area contributed by atoms with Gasteiger partial charge >= 0.3 is 0 Å². The molecule has 1 saturated heterocycles. The van der Waals surface area contributed by atoms with Crippen LogP contribution in [0.25, 0.3) is 0 Å². The highest BCUT2D eigenvalue weighted by molar-refractivity contribution is 9.10. The van der Waals surface area contributed by atoms with Gasteiger partial charge in [-0.2, -0.15) is 0 Å². The third kappa shape index (κ3) is 2.87. The van der Waals surface area contributed by atoms with Crippen LogP contribution in [0.3, 0.4) is 0 Å². The number of nitrogens with zero attached hydrogens (tertiary/aromatic N) is 1. The van der Waals surface area contributed by atoms with E-state index in [-0.39, 0.29) is 6.61 Å². The fourth-order valence-corrected chi connectivity index (χ4v) is 2.98. The zero-order valence-corrected chi connectivity index (χ0v) is 12.6. The lowest BCUT2D eigenvalue weighted by atomic mass is 10.0. The summed E-state index contributed by atoms with van der Waals surface area (Å²) < 4.78 is 1.15. The van der Waals surface area contributed by atoms with Crippen LogP contribution in [0.15, 0.2) is 22.7 Å². The summed E-state index contributed by atoms with van der Waals surface area (Å²) in [4.78, 5) is 2.43. The van der Waals surface area contributed by atoms with Gasteiger partial charge in [-0.1, -0.05) is 22.0 Å². The van der Waals surface area contributed by atoms with Crippen LogP contribution in [-0.4, -0.2) is 36.9 Å². The Morgan fingerprint density at radius 1 is 1.44 bits per heavy atom. The summed E-state index contributed by atoms with van der Waals surface area (Å²) in [7, 11) is 0. The monoisotopic (exact) mass is 312 g/mol. The average molecular weight is 313 g/mol. The second kappa shape index (κ2) is 6.04. The van der Waals surface area contributed by atoms with Crippen LogP contribution in [0, 0.1) is 6.92 Å². The number of hydrogen-bond donors (Lipinski definition) is 2. The topological polar surface area (TPSA) is 35.5 Å². The predicted molar refractivity (Wildman–Crippen MR) is 79.2 cm³/mol. The number of rotatable bonds is 3. The number of benzene rings is 1. The van der Waals surface area contributed by atoms with E-state index in [1.165, 1.54) is 11.3 Å². The second-order valence-corrected chi connectivity index (χ2v) is 5.87. The summed E-state index contributed by atoms with van der Waals surface area (Å²) in [6.45, 7) is 6.50. The number of nitrogens with one attached hydrogen (secondary N) is 1. The van der Waals surface area contributed by atoms with Gasteiger partial charge in [0, 0.05) is 41.9 Å². The SMILES string of the molecule is Cc1ccc(N2C(C)CNCC2CCO)cc1Br. The van der Waals surface area contributed by atoms with E-state index in [1.807, 2.05) is 0 Å². The Morgan fingerprint density at radius 3 is 2.89 bits per heavy atom. The highest BCUT2D eigenvalue weighted by atomic mass is 79.9. The van der Waals surface area contributed by atoms with Crippen molar-refractivity contribution in [2.24, 2.45) is 0 Å². The molecule has 3 nitrogen and oxygen atoms in total. The Balaban J connectivity index is 2.28. The van der Waals surface area contributed by atoms with E-state index >= 15 is 0 Å². The third-order valence-corrected chi connectivity index (χ3v) is 4.46. The van der Waals surface area contributed by atoms with Crippen molar-refractivity contribution in [2.45, 2.75) is 32.4 Å². The lowest BCUT2D eigenvalue weighted by Gasteiger charge is -2.43. The van der Waals surface area contributed by atoms with Crippen molar-refractivity contribution in [3.8, 4) is 0 Å². The molecule has 0 spiro atoms. The van der Waals surface area contributed by atoms with Gasteiger partial charge in [-0.05, 0) is 38.0 Å². The molecule has 0 aromatic heterocycles. The molecule has 18 heavy (non-hydrogen) atoms. The Labute approximate surface area is 117 Å². The molecule has 1 aliphatic heterocycles. The van der Waals surface area contributed by atoms with Gasteiger partial charge in [0.25, 0.3) is 0 Å². The van der Waals surface area contributed by atoms with Gasteiger partial charge in [-0.15, -0.1) is 0 Å². The first-order chi connectivity index (χ1) is 8.63. The Kier molecular flexibility index (Phi) is 4.65. The number of anilines is 1. The number of aryl methyl sites for hydroxylation is 1. The van der Waals surface area contributed by atoms with E-state index in [0.29, 0.717) is 12.1 Å². The molecule has 2 unspecified atom stereocenters. The van der Waals surface area contributed by atoms with Gasteiger partial charge in [0.05, 0.1) is 0 Å². The summed E-state index contributed by atoms with van der Waals surface area (Å²) >= 11 is 3.60. The number of halogens is 1. The molecule has 0 radical (unpaired) electrons. The Morgan fingerprint density at radius 2 is 2.22 bits per heavy atom. The van der Waals surface area contributed by atoms with Crippen molar-refractivity contribution in [1.82, 2.24) is 5.32 Å². The van der Waals surface area contributed by atoms with Gasteiger partial charge in [0.2, 0.25) is 0 Å². The van der Waals surface area contributed by atoms with Gasteiger partial charge in [0.15, 0.2) is 0 Å². The van der Waals surface area contributed by atoms with Gasteiger partial charge in [-0.3, -0.25) is 0 Å². The summed E-state index contributed by atoms with van der Waals surface area (Å²) in [6, 6.07) is 7.32. The van der Waals surface area contributed by atoms with Crippen molar-refractivity contribution >= 4 is 21.6 Å². The quantitative estimate of drug-likeness (QED) is 0.899. The van der Waals surface area contributed by atoms with Crippen molar-refractivity contribution in [3.63, 3.8) is 0 Å². The summed E-state index contributed by atoms with van der Waals surface area (Å²) in [5.74, 6) is 0. The second-order valence-electron chi connectivity index (χ2n) is 5.01. The molecule has 100 valence electrons. The third-order valence-electron chi connectivity index (χ3n) is 3.60. The fourth-order valence-electron chi connectivity index (χ4n) is 2.61. The van der Waals surface area contributed by atoms with Gasteiger partial charge < -0.3 is 15.3 Å². The first kappa shape index (κ1) is 13.8. The molecular formula is C14H21BrN2O. The van der Waals surface area contributed by atoms with E-state index in [1.54, 1.807) is 0 Å². The molecule has 2 N–H and O–H groups in total. The van der Waals surface area contributed by atoms with E-state index in [2.05, 4.69) is 58.2 Å². The highest BCUT2D eigenvalue weighted by Gasteiger charge is 2.27. The first-order valence-electron chi connectivity index (χ1n) is 6.49. The van der Waals surface area contributed by atoms with Crippen LogP contribution >= 0.6 is 15.9 Å². The minimum Gasteiger partial charge on any atom is -0.396 e. The lowest BCUT2D eigenvalue weighted by molar-refractivity contribution is 0.259. The fraction of sp³-hybridized carbons (Fsp3) is 0.571. The van der Waals surface area contributed by atoms with E-state index in [0.717, 1.165) is 24.0 Å². The number of hydrogen-bond acceptors (Lipinski definition) is 3. The molecule has 1 aromatic carbocycles. The first-order valence-corrected chi connectivity index (χ1v) is 7.29. The number of aliphatic hydroxyl groups is 1. The van der Waals surface area contributed by atoms with Crippen LogP contribution in [-0.2, 0) is 0 Å². The minimum absolute atomic E-state index is 0.239. The molecule has 0 bridgehead atoms. The molecule has 0 aliphatic carbocycles. The number of piperazine rings is 1. The van der Waals surface area contributed by atoms with Crippen molar-refractivity contribution in [1.29, 1.82) is 0 Å². The molecule has 1 aliphatic rings. The molecule has 2 atom stereocenters. The number of aliphatic hydroxyl groups excluding tert-OH is 1. The smallest absolute Gasteiger partial charge is 0.0451 e. The van der Waals surface area contributed by atoms with Crippen LogP contribution in [0.4, 0.5) is 5.69 Å². The maximum atomic E-state index is 9.20. The highest BCUT2D eigenvalue weighted by Crippen LogP contribution is 2.28. The van der Waals surface area contributed by atoms with Crippen molar-refractivity contribution in [2.75, 3.05) is 24.6 Å². The van der Waals surface area contributed by atoms with E-state index < -0.39 is 0 Å². The molecule has 4 heteroatoms. The molecule has 1 aromatic rings. The molecule has 0 saturated carbocycles. The summed E-state index contributed by atoms with van der Waals surface area (Å²) in [5.41, 5.74) is 2.49. The normalized spacial score (nSPS) is 24.3. The lowest BCUT2D eigenvalue weighted by Crippen LogP contribution is -2.56. The summed E-state index contributed by atoms with van der Waals surface area (Å²) in [6.07, 6.45) is 0.808. The van der Waals surface area contributed by atoms with Crippen LogP contribution in [0.1, 0.15) is 18.9 Å². The summed E-state index contributed by atoms with van der Waals surface area (Å²) in [5, 5.41) is 12.6. The Bertz CT molecular complexity index is 409. The average Bonchev–Trinajstić information content (AvgIpc) is 2.34. The molecule has 1 heterocycles. The zero-order valence-electron chi connectivity index (χ0n) is 11.0. The standard InChI is InChI=1S/C14H21BrN2O/c1-10-3-4-12(7-14(10)15)17-11(2)8-16-9-13(17)5-6-18/h3-4,7,11,13,16,18H,5-6,8-9H2,1-2H3. The minimum atomic E-state index is 0.239. The predicted octanol–water partition coefficient (Wildman–Crippen LogP) is 2.31. The largest absolute Gasteiger partial charge is 0.396 e. The van der Waals surface area contributed by atoms with E-state index in [9.17, 15) is 5.11 Å². The van der Waals surface area contributed by atoms with Gasteiger partial charge in [0.1, 0.15) is 0 Å². The van der Waals surface area contributed by atoms with Crippen molar-refractivity contribution < 1.29 is 5.11 Å². The van der Waals surface area contributed by atoms with Crippen LogP contribution in [0.2, 0.25) is 0 Å². The van der Waals surface area contributed by atoms with Gasteiger partial charge in [-0.25, -0.2) is 0 Å². The maximum absolute atomic E-state index is 9.20. The Hall–Kier alpha value is -0.580. The van der Waals surface area contributed by atoms with Crippen molar-refractivity contribution in [3.05, 3.63) is 28.2 Å². The molecule has 0 amide bonds. The van der Waals surface area contributed by atoms with E-state index in [4.69, 9.17) is 0 Å². The van der Waals surface area contributed by atoms with Crippen LogP contribution in [0.5, 0.6) is 0 Å². The molecular weight excluding hydrogens is 292 g/mol. The molecule has 1 fully saturated rings. The molecule has 2 rings (SSSR count).